The first kappa shape index (κ1) is 19.0. The monoisotopic (exact) mass is 380 g/mol. The summed E-state index contributed by atoms with van der Waals surface area (Å²) in [5.41, 5.74) is 1.83. The second kappa shape index (κ2) is 8.77. The predicted molar refractivity (Wildman–Crippen MR) is 105 cm³/mol. The molecular formula is C21H20N2O5. The third kappa shape index (κ3) is 4.91. The molecular weight excluding hydrogens is 360 g/mol. The van der Waals surface area contributed by atoms with Crippen LogP contribution < -0.4 is 20.1 Å². The Bertz CT molecular complexity index is 967. The maximum absolute atomic E-state index is 12.3. The number of amides is 2. The van der Waals surface area contributed by atoms with Crippen molar-refractivity contribution in [3.8, 4) is 11.5 Å². The van der Waals surface area contributed by atoms with Crippen molar-refractivity contribution in [3.63, 3.8) is 0 Å². The number of anilines is 2. The van der Waals surface area contributed by atoms with Crippen LogP contribution in [0.1, 0.15) is 16.1 Å². The highest BCUT2D eigenvalue weighted by atomic mass is 16.5. The van der Waals surface area contributed by atoms with Gasteiger partial charge in [0, 0.05) is 6.07 Å². The van der Waals surface area contributed by atoms with E-state index in [1.807, 2.05) is 25.1 Å². The number of carbonyl (C=O) groups excluding carboxylic acids is 2. The highest BCUT2D eigenvalue weighted by Gasteiger charge is 2.14. The molecule has 7 nitrogen and oxygen atoms in total. The molecule has 1 aromatic heterocycles. The van der Waals surface area contributed by atoms with E-state index in [1.54, 1.807) is 36.4 Å². The summed E-state index contributed by atoms with van der Waals surface area (Å²) >= 11 is 0. The lowest BCUT2D eigenvalue weighted by atomic mass is 10.2. The molecule has 2 amide bonds. The highest BCUT2D eigenvalue weighted by molar-refractivity contribution is 6.06. The molecule has 0 aliphatic rings. The van der Waals surface area contributed by atoms with Gasteiger partial charge in [-0.3, -0.25) is 9.59 Å². The lowest BCUT2D eigenvalue weighted by molar-refractivity contribution is -0.118. The van der Waals surface area contributed by atoms with Crippen molar-refractivity contribution in [2.45, 2.75) is 6.92 Å². The van der Waals surface area contributed by atoms with Crippen LogP contribution in [0.4, 0.5) is 11.4 Å². The normalized spacial score (nSPS) is 10.2. The lowest BCUT2D eigenvalue weighted by Crippen LogP contribution is -2.21. The summed E-state index contributed by atoms with van der Waals surface area (Å²) in [7, 11) is 1.52. The Morgan fingerprint density at radius 1 is 0.964 bits per heavy atom. The number of benzene rings is 2. The zero-order valence-corrected chi connectivity index (χ0v) is 15.5. The minimum Gasteiger partial charge on any atom is -0.497 e. The Labute approximate surface area is 162 Å². The minimum atomic E-state index is -0.429. The minimum absolute atomic E-state index is 0.163. The topological polar surface area (TPSA) is 89.8 Å². The smallest absolute Gasteiger partial charge is 0.291 e. The summed E-state index contributed by atoms with van der Waals surface area (Å²) in [6.07, 6.45) is 1.41. The number of aryl methyl sites for hydroxylation is 1. The number of methoxy groups -OCH3 is 1. The van der Waals surface area contributed by atoms with Gasteiger partial charge in [0.15, 0.2) is 12.4 Å². The summed E-state index contributed by atoms with van der Waals surface area (Å²) in [4.78, 5) is 24.6. The summed E-state index contributed by atoms with van der Waals surface area (Å²) in [5.74, 6) is 0.499. The molecule has 28 heavy (non-hydrogen) atoms. The number of carbonyl (C=O) groups is 2. The third-order valence-electron chi connectivity index (χ3n) is 3.85. The number of furan rings is 1. The van der Waals surface area contributed by atoms with Crippen molar-refractivity contribution >= 4 is 23.2 Å². The van der Waals surface area contributed by atoms with Crippen LogP contribution in [-0.4, -0.2) is 25.5 Å². The first-order chi connectivity index (χ1) is 13.5. The molecule has 0 saturated heterocycles. The van der Waals surface area contributed by atoms with Gasteiger partial charge in [-0.1, -0.05) is 12.1 Å². The average Bonchev–Trinajstić information content (AvgIpc) is 3.23. The second-order valence-electron chi connectivity index (χ2n) is 6.00. The fourth-order valence-corrected chi connectivity index (χ4v) is 2.49. The molecule has 0 atom stereocenters. The number of hydrogen-bond donors (Lipinski definition) is 2. The van der Waals surface area contributed by atoms with Gasteiger partial charge < -0.3 is 24.5 Å². The molecule has 3 rings (SSSR count). The first-order valence-electron chi connectivity index (χ1n) is 8.57. The Hall–Kier alpha value is -3.74. The van der Waals surface area contributed by atoms with Gasteiger partial charge in [0.25, 0.3) is 11.8 Å². The zero-order chi connectivity index (χ0) is 19.9. The van der Waals surface area contributed by atoms with Gasteiger partial charge in [0.1, 0.15) is 11.5 Å². The summed E-state index contributed by atoms with van der Waals surface area (Å²) in [6, 6.07) is 15.5. The summed E-state index contributed by atoms with van der Waals surface area (Å²) < 4.78 is 15.8. The van der Waals surface area contributed by atoms with E-state index in [0.29, 0.717) is 22.9 Å². The van der Waals surface area contributed by atoms with E-state index < -0.39 is 5.91 Å². The van der Waals surface area contributed by atoms with Gasteiger partial charge in [-0.15, -0.1) is 0 Å². The number of nitrogens with one attached hydrogen (secondary N) is 2. The van der Waals surface area contributed by atoms with Crippen LogP contribution in [0.2, 0.25) is 0 Å². The van der Waals surface area contributed by atoms with E-state index >= 15 is 0 Å². The Balaban J connectivity index is 1.70. The molecule has 0 saturated carbocycles. The van der Waals surface area contributed by atoms with Crippen LogP contribution in [0.3, 0.4) is 0 Å². The Morgan fingerprint density at radius 3 is 2.54 bits per heavy atom. The quantitative estimate of drug-likeness (QED) is 0.649. The third-order valence-corrected chi connectivity index (χ3v) is 3.85. The molecule has 144 valence electrons. The highest BCUT2D eigenvalue weighted by Crippen LogP contribution is 2.27. The molecule has 7 heteroatoms. The van der Waals surface area contributed by atoms with Crippen LogP contribution in [0.25, 0.3) is 0 Å². The predicted octanol–water partition coefficient (Wildman–Crippen LogP) is 3.87. The van der Waals surface area contributed by atoms with E-state index in [9.17, 15) is 9.59 Å². The molecule has 0 bridgehead atoms. The molecule has 0 aliphatic carbocycles. The van der Waals surface area contributed by atoms with Gasteiger partial charge in [0.2, 0.25) is 0 Å². The molecule has 0 spiro atoms. The Morgan fingerprint density at radius 2 is 1.82 bits per heavy atom. The molecule has 1 heterocycles. The maximum Gasteiger partial charge on any atom is 0.291 e. The summed E-state index contributed by atoms with van der Waals surface area (Å²) in [6.45, 7) is 1.77. The number of hydrogen-bond acceptors (Lipinski definition) is 5. The van der Waals surface area contributed by atoms with Crippen molar-refractivity contribution in [2.75, 3.05) is 24.4 Å². The van der Waals surface area contributed by atoms with E-state index in [1.165, 1.54) is 13.4 Å². The maximum atomic E-state index is 12.3. The molecule has 0 radical (unpaired) electrons. The van der Waals surface area contributed by atoms with Crippen molar-refractivity contribution in [1.29, 1.82) is 0 Å². The van der Waals surface area contributed by atoms with Crippen LogP contribution in [0, 0.1) is 6.92 Å². The zero-order valence-electron chi connectivity index (χ0n) is 15.5. The van der Waals surface area contributed by atoms with E-state index in [0.717, 1.165) is 5.56 Å². The van der Waals surface area contributed by atoms with E-state index in [4.69, 9.17) is 13.9 Å². The average molecular weight is 380 g/mol. The van der Waals surface area contributed by atoms with Crippen LogP contribution in [0.5, 0.6) is 11.5 Å². The molecule has 2 aromatic carbocycles. The van der Waals surface area contributed by atoms with Gasteiger partial charge >= 0.3 is 0 Å². The molecule has 2 N–H and O–H groups in total. The fourth-order valence-electron chi connectivity index (χ4n) is 2.49. The van der Waals surface area contributed by atoms with Crippen molar-refractivity contribution in [2.24, 2.45) is 0 Å². The van der Waals surface area contributed by atoms with Gasteiger partial charge in [-0.25, -0.2) is 0 Å². The van der Waals surface area contributed by atoms with E-state index in [2.05, 4.69) is 10.6 Å². The number of ether oxygens (including phenoxy) is 2. The molecule has 3 aromatic rings. The van der Waals surface area contributed by atoms with Gasteiger partial charge in [-0.05, 0) is 48.9 Å². The summed E-state index contributed by atoms with van der Waals surface area (Å²) in [5, 5.41) is 5.44. The van der Waals surface area contributed by atoms with Gasteiger partial charge in [0.05, 0.1) is 24.7 Å². The second-order valence-corrected chi connectivity index (χ2v) is 6.00. The van der Waals surface area contributed by atoms with Crippen molar-refractivity contribution < 1.29 is 23.5 Å². The standard InChI is InChI=1S/C21H20N2O5/c1-14-5-3-6-16(11-14)28-13-20(24)22-18-12-15(26-2)8-9-17(18)23-21(25)19-7-4-10-27-19/h3-12H,13H2,1-2H3,(H,22,24)(H,23,25). The molecule has 0 fully saturated rings. The largest absolute Gasteiger partial charge is 0.497 e. The lowest BCUT2D eigenvalue weighted by Gasteiger charge is -2.14. The number of rotatable bonds is 7. The van der Waals surface area contributed by atoms with Crippen LogP contribution in [0.15, 0.2) is 65.3 Å². The molecule has 0 unspecified atom stereocenters. The van der Waals surface area contributed by atoms with Crippen molar-refractivity contribution in [1.82, 2.24) is 0 Å². The fraction of sp³-hybridized carbons (Fsp3) is 0.143. The first-order valence-corrected chi connectivity index (χ1v) is 8.57. The van der Waals surface area contributed by atoms with Gasteiger partial charge in [-0.2, -0.15) is 0 Å². The SMILES string of the molecule is COc1ccc(NC(=O)c2ccco2)c(NC(=O)COc2cccc(C)c2)c1. The van der Waals surface area contributed by atoms with Crippen LogP contribution >= 0.6 is 0 Å². The molecule has 0 aliphatic heterocycles. The van der Waals surface area contributed by atoms with Crippen molar-refractivity contribution in [3.05, 3.63) is 72.2 Å². The van der Waals surface area contributed by atoms with E-state index in [-0.39, 0.29) is 18.3 Å². The van der Waals surface area contributed by atoms with Crippen LogP contribution in [-0.2, 0) is 4.79 Å². The Kier molecular flexibility index (Phi) is 5.96.